The molecule has 0 amide bonds. The average molecular weight is 297 g/mol. The Morgan fingerprint density at radius 3 is 2.90 bits per heavy atom. The average Bonchev–Trinajstić information content (AvgIpc) is 2.83. The number of carboxylic acids is 1. The van der Waals surface area contributed by atoms with Gasteiger partial charge >= 0.3 is 5.97 Å². The van der Waals surface area contributed by atoms with Crippen molar-refractivity contribution in [3.05, 3.63) is 34.0 Å². The van der Waals surface area contributed by atoms with Gasteiger partial charge in [-0.05, 0) is 18.2 Å². The number of carbonyl (C=O) groups is 1. The molecule has 2 heterocycles. The van der Waals surface area contributed by atoms with Crippen LogP contribution in [0.2, 0.25) is 0 Å². The molecule has 0 aromatic carbocycles. The summed E-state index contributed by atoms with van der Waals surface area (Å²) in [7, 11) is 0. The summed E-state index contributed by atoms with van der Waals surface area (Å²) in [6.07, 6.45) is 5.71. The van der Waals surface area contributed by atoms with Crippen LogP contribution in [0.25, 0.3) is 12.2 Å². The van der Waals surface area contributed by atoms with Gasteiger partial charge in [0.2, 0.25) is 0 Å². The van der Waals surface area contributed by atoms with E-state index in [1.165, 1.54) is 17.1 Å². The first-order chi connectivity index (χ1) is 9.47. The van der Waals surface area contributed by atoms with Crippen molar-refractivity contribution in [3.63, 3.8) is 0 Å². The van der Waals surface area contributed by atoms with E-state index in [9.17, 15) is 13.6 Å². The molecule has 2 aromatic rings. The maximum absolute atomic E-state index is 13.0. The van der Waals surface area contributed by atoms with Crippen LogP contribution in [0.15, 0.2) is 18.5 Å². The van der Waals surface area contributed by atoms with E-state index in [1.54, 1.807) is 18.2 Å². The molecule has 5 nitrogen and oxygen atoms in total. The fourth-order valence-corrected chi connectivity index (χ4v) is 2.46. The van der Waals surface area contributed by atoms with E-state index in [4.69, 9.17) is 5.11 Å². The lowest BCUT2D eigenvalue weighted by Crippen LogP contribution is -2.05. The second-order valence-corrected chi connectivity index (χ2v) is 5.45. The molecule has 1 atom stereocenters. The fraction of sp³-hybridized carbons (Fsp3) is 0.250. The third-order valence-corrected chi connectivity index (χ3v) is 3.87. The van der Waals surface area contributed by atoms with E-state index < -0.39 is 17.9 Å². The predicted octanol–water partition coefficient (Wildman–Crippen LogP) is 2.79. The molecule has 1 unspecified atom stereocenters. The molecule has 2 aromatic heterocycles. The summed E-state index contributed by atoms with van der Waals surface area (Å²) in [6, 6.07) is 0.736. The van der Waals surface area contributed by atoms with Gasteiger partial charge in [0.05, 0.1) is 11.9 Å². The normalized spacial score (nSPS) is 20.4. The van der Waals surface area contributed by atoms with Crippen molar-refractivity contribution in [2.75, 3.05) is 0 Å². The summed E-state index contributed by atoms with van der Waals surface area (Å²) in [6.45, 7) is 0. The smallest absolute Gasteiger partial charge is 0.347 e. The van der Waals surface area contributed by atoms with Gasteiger partial charge in [0.15, 0.2) is 0 Å². The maximum Gasteiger partial charge on any atom is 0.347 e. The molecule has 0 spiro atoms. The van der Waals surface area contributed by atoms with E-state index in [0.717, 1.165) is 11.3 Å². The van der Waals surface area contributed by atoms with Crippen LogP contribution >= 0.6 is 11.3 Å². The zero-order valence-corrected chi connectivity index (χ0v) is 10.8. The van der Waals surface area contributed by atoms with Crippen molar-refractivity contribution >= 4 is 29.5 Å². The van der Waals surface area contributed by atoms with Crippen molar-refractivity contribution in [3.8, 4) is 0 Å². The molecule has 0 bridgehead atoms. The number of hydrogen-bond acceptors (Lipinski definition) is 4. The zero-order chi connectivity index (χ0) is 14.3. The quantitative estimate of drug-likeness (QED) is 0.942. The molecular weight excluding hydrogens is 288 g/mol. The Hall–Kier alpha value is -2.09. The summed E-state index contributed by atoms with van der Waals surface area (Å²) < 4.78 is 27.3. The number of aromatic nitrogens is 3. The molecule has 1 saturated carbocycles. The largest absolute Gasteiger partial charge is 0.477 e. The minimum Gasteiger partial charge on any atom is -0.477 e. The molecule has 0 radical (unpaired) electrons. The van der Waals surface area contributed by atoms with Gasteiger partial charge in [0.25, 0.3) is 5.92 Å². The first kappa shape index (κ1) is 12.9. The van der Waals surface area contributed by atoms with Crippen molar-refractivity contribution < 1.29 is 18.7 Å². The molecule has 1 aliphatic rings. The number of nitrogens with zero attached hydrogens (tertiary/aromatic N) is 3. The van der Waals surface area contributed by atoms with Crippen LogP contribution in [0.5, 0.6) is 0 Å². The highest BCUT2D eigenvalue weighted by molar-refractivity contribution is 7.14. The van der Waals surface area contributed by atoms with E-state index in [0.29, 0.717) is 10.7 Å². The monoisotopic (exact) mass is 297 g/mol. The van der Waals surface area contributed by atoms with Gasteiger partial charge in [-0.1, -0.05) is 0 Å². The summed E-state index contributed by atoms with van der Waals surface area (Å²) >= 11 is 1.02. The molecule has 1 N–H and O–H groups in total. The molecule has 1 fully saturated rings. The number of carboxylic acid groups (broad SMARTS) is 1. The molecule has 104 valence electrons. The number of alkyl halides is 2. The standard InChI is InChI=1S/C12H9F2N3O2S/c13-12(14)5-9(12)17-7(3-4-16-17)1-2-10-15-6-8(20-10)11(18)19/h1-4,6,9H,5H2,(H,18,19)/b2-1+. The third kappa shape index (κ3) is 2.34. The third-order valence-electron chi connectivity index (χ3n) is 2.92. The number of rotatable bonds is 4. The van der Waals surface area contributed by atoms with Crippen LogP contribution < -0.4 is 0 Å². The van der Waals surface area contributed by atoms with Crippen molar-refractivity contribution in [1.29, 1.82) is 0 Å². The molecule has 0 saturated heterocycles. The number of hydrogen-bond donors (Lipinski definition) is 1. The highest BCUT2D eigenvalue weighted by atomic mass is 32.1. The van der Waals surface area contributed by atoms with Crippen LogP contribution in [0.3, 0.4) is 0 Å². The first-order valence-electron chi connectivity index (χ1n) is 5.76. The van der Waals surface area contributed by atoms with Crippen molar-refractivity contribution in [2.24, 2.45) is 0 Å². The predicted molar refractivity (Wildman–Crippen MR) is 68.8 cm³/mol. The Morgan fingerprint density at radius 1 is 1.55 bits per heavy atom. The molecule has 0 aliphatic heterocycles. The van der Waals surface area contributed by atoms with Crippen LogP contribution in [-0.2, 0) is 0 Å². The fourth-order valence-electron chi connectivity index (χ4n) is 1.80. The summed E-state index contributed by atoms with van der Waals surface area (Å²) in [5, 5.41) is 13.2. The first-order valence-corrected chi connectivity index (χ1v) is 6.57. The van der Waals surface area contributed by atoms with Gasteiger partial charge in [-0.25, -0.2) is 18.6 Å². The van der Waals surface area contributed by atoms with Gasteiger partial charge in [0.1, 0.15) is 15.9 Å². The molecular formula is C12H9F2N3O2S. The summed E-state index contributed by atoms with van der Waals surface area (Å²) in [5.41, 5.74) is 0.541. The highest BCUT2D eigenvalue weighted by Crippen LogP contribution is 2.52. The Labute approximate surface area is 116 Å². The lowest BCUT2D eigenvalue weighted by molar-refractivity contribution is 0.0701. The van der Waals surface area contributed by atoms with Gasteiger partial charge in [-0.15, -0.1) is 11.3 Å². The molecule has 3 rings (SSSR count). The van der Waals surface area contributed by atoms with Crippen LogP contribution in [0, 0.1) is 0 Å². The van der Waals surface area contributed by atoms with Crippen LogP contribution in [0.4, 0.5) is 8.78 Å². The SMILES string of the molecule is O=C(O)c1cnc(/C=C/c2ccnn2C2CC2(F)F)s1. The van der Waals surface area contributed by atoms with Crippen LogP contribution in [0.1, 0.15) is 32.8 Å². The van der Waals surface area contributed by atoms with Crippen LogP contribution in [-0.4, -0.2) is 31.8 Å². The van der Waals surface area contributed by atoms with E-state index in [-0.39, 0.29) is 11.3 Å². The lowest BCUT2D eigenvalue weighted by atomic mass is 10.3. The minimum atomic E-state index is -2.69. The second kappa shape index (κ2) is 4.48. The van der Waals surface area contributed by atoms with Crippen molar-refractivity contribution in [2.45, 2.75) is 18.4 Å². The number of halogens is 2. The zero-order valence-electron chi connectivity index (χ0n) is 10.0. The van der Waals surface area contributed by atoms with E-state index >= 15 is 0 Å². The number of thiazole rings is 1. The van der Waals surface area contributed by atoms with Gasteiger partial charge in [-0.3, -0.25) is 4.68 Å². The van der Waals surface area contributed by atoms with E-state index in [2.05, 4.69) is 10.1 Å². The van der Waals surface area contributed by atoms with Gasteiger partial charge < -0.3 is 5.11 Å². The van der Waals surface area contributed by atoms with Gasteiger partial charge in [-0.2, -0.15) is 5.10 Å². The Balaban J connectivity index is 1.79. The molecule has 8 heteroatoms. The molecule has 20 heavy (non-hydrogen) atoms. The Kier molecular flexibility index (Phi) is 2.89. The highest BCUT2D eigenvalue weighted by Gasteiger charge is 2.59. The van der Waals surface area contributed by atoms with Gasteiger partial charge in [0, 0.05) is 12.6 Å². The Bertz CT molecular complexity index is 692. The topological polar surface area (TPSA) is 68.0 Å². The Morgan fingerprint density at radius 2 is 2.30 bits per heavy atom. The number of aromatic carboxylic acids is 1. The van der Waals surface area contributed by atoms with Crippen molar-refractivity contribution in [1.82, 2.24) is 14.8 Å². The van der Waals surface area contributed by atoms with E-state index in [1.807, 2.05) is 0 Å². The minimum absolute atomic E-state index is 0.131. The second-order valence-electron chi connectivity index (χ2n) is 4.38. The lowest BCUT2D eigenvalue weighted by Gasteiger charge is -2.02. The summed E-state index contributed by atoms with van der Waals surface area (Å²) in [5.74, 6) is -3.73. The summed E-state index contributed by atoms with van der Waals surface area (Å²) in [4.78, 5) is 14.8. The molecule has 1 aliphatic carbocycles. The maximum atomic E-state index is 13.0.